The standard InChI is InChI=1S/C21H26ClN3O5S/c1-24(2)18-9-7-16(8-10-18)14-25(3)20(26)15-30-21(27)11-12-23-31(28,29)19-6-4-5-17(22)13-19/h4-10,13,23H,11-12,14-15H2,1-3H3. The van der Waals surface area contributed by atoms with Crippen LogP contribution in [0.2, 0.25) is 5.02 Å². The Hall–Kier alpha value is -2.62. The first-order valence-electron chi connectivity index (χ1n) is 9.49. The fourth-order valence-electron chi connectivity index (χ4n) is 2.59. The van der Waals surface area contributed by atoms with E-state index < -0.39 is 22.6 Å². The van der Waals surface area contributed by atoms with Crippen molar-refractivity contribution in [1.82, 2.24) is 9.62 Å². The number of carbonyl (C=O) groups excluding carboxylic acids is 2. The minimum Gasteiger partial charge on any atom is -0.456 e. The average Bonchev–Trinajstić information content (AvgIpc) is 2.72. The molecule has 0 aliphatic carbocycles. The fourth-order valence-corrected chi connectivity index (χ4v) is 3.92. The van der Waals surface area contributed by atoms with Crippen LogP contribution in [-0.2, 0) is 30.9 Å². The Morgan fingerprint density at radius 1 is 1.06 bits per heavy atom. The normalized spacial score (nSPS) is 11.1. The third-order valence-corrected chi connectivity index (χ3v) is 6.08. The van der Waals surface area contributed by atoms with Crippen LogP contribution in [-0.4, -0.2) is 59.5 Å². The molecule has 31 heavy (non-hydrogen) atoms. The van der Waals surface area contributed by atoms with E-state index in [1.807, 2.05) is 43.3 Å². The number of hydrogen-bond acceptors (Lipinski definition) is 6. The predicted molar refractivity (Wildman–Crippen MR) is 119 cm³/mol. The first kappa shape index (κ1) is 24.6. The number of amides is 1. The van der Waals surface area contributed by atoms with E-state index >= 15 is 0 Å². The monoisotopic (exact) mass is 467 g/mol. The van der Waals surface area contributed by atoms with Crippen LogP contribution in [0.1, 0.15) is 12.0 Å². The number of ether oxygens (including phenoxy) is 1. The summed E-state index contributed by atoms with van der Waals surface area (Å²) in [5.74, 6) is -1.03. The maximum Gasteiger partial charge on any atom is 0.307 e. The van der Waals surface area contributed by atoms with E-state index in [-0.39, 0.29) is 23.8 Å². The van der Waals surface area contributed by atoms with Crippen LogP contribution in [0.4, 0.5) is 5.69 Å². The zero-order chi connectivity index (χ0) is 23.0. The van der Waals surface area contributed by atoms with Crippen LogP contribution in [0.15, 0.2) is 53.4 Å². The van der Waals surface area contributed by atoms with Crippen molar-refractivity contribution in [3.63, 3.8) is 0 Å². The lowest BCUT2D eigenvalue weighted by atomic mass is 10.2. The zero-order valence-corrected chi connectivity index (χ0v) is 19.2. The summed E-state index contributed by atoms with van der Waals surface area (Å²) in [7, 11) is 1.72. The lowest BCUT2D eigenvalue weighted by Crippen LogP contribution is -2.31. The number of anilines is 1. The molecule has 0 aromatic heterocycles. The smallest absolute Gasteiger partial charge is 0.307 e. The number of esters is 1. The van der Waals surface area contributed by atoms with Crippen LogP contribution in [0.3, 0.4) is 0 Å². The van der Waals surface area contributed by atoms with Crippen LogP contribution in [0, 0.1) is 0 Å². The van der Waals surface area contributed by atoms with Gasteiger partial charge in [0.15, 0.2) is 6.61 Å². The molecular weight excluding hydrogens is 442 g/mol. The van der Waals surface area contributed by atoms with E-state index in [4.69, 9.17) is 16.3 Å². The number of benzene rings is 2. The highest BCUT2D eigenvalue weighted by molar-refractivity contribution is 7.89. The summed E-state index contributed by atoms with van der Waals surface area (Å²) < 4.78 is 31.6. The van der Waals surface area contributed by atoms with Gasteiger partial charge >= 0.3 is 5.97 Å². The Bertz CT molecular complexity index is 1010. The van der Waals surface area contributed by atoms with Gasteiger partial charge in [0.1, 0.15) is 0 Å². The van der Waals surface area contributed by atoms with Gasteiger partial charge in [-0.15, -0.1) is 0 Å². The van der Waals surface area contributed by atoms with E-state index in [1.165, 1.54) is 23.1 Å². The molecule has 0 radical (unpaired) electrons. The molecule has 0 aliphatic heterocycles. The number of likely N-dealkylation sites (N-methyl/N-ethyl adjacent to an activating group) is 1. The Morgan fingerprint density at radius 2 is 1.74 bits per heavy atom. The maximum atomic E-state index is 12.2. The molecule has 0 heterocycles. The van der Waals surface area contributed by atoms with Crippen molar-refractivity contribution < 1.29 is 22.7 Å². The molecule has 1 N–H and O–H groups in total. The van der Waals surface area contributed by atoms with Crippen molar-refractivity contribution in [2.45, 2.75) is 17.9 Å². The third kappa shape index (κ3) is 7.86. The first-order valence-corrected chi connectivity index (χ1v) is 11.4. The lowest BCUT2D eigenvalue weighted by molar-refractivity contribution is -0.151. The molecule has 0 bridgehead atoms. The fraction of sp³-hybridized carbons (Fsp3) is 0.333. The first-order chi connectivity index (χ1) is 14.6. The number of carbonyl (C=O) groups is 2. The number of rotatable bonds is 10. The van der Waals surface area contributed by atoms with Gasteiger partial charge in [-0.25, -0.2) is 13.1 Å². The van der Waals surface area contributed by atoms with Crippen molar-refractivity contribution in [2.24, 2.45) is 0 Å². The van der Waals surface area contributed by atoms with E-state index in [0.717, 1.165) is 11.3 Å². The number of sulfonamides is 1. The predicted octanol–water partition coefficient (Wildman–Crippen LogP) is 2.28. The van der Waals surface area contributed by atoms with Crippen molar-refractivity contribution in [3.8, 4) is 0 Å². The molecular formula is C21H26ClN3O5S. The molecule has 2 aromatic carbocycles. The number of nitrogens with one attached hydrogen (secondary N) is 1. The van der Waals surface area contributed by atoms with Crippen molar-refractivity contribution in [1.29, 1.82) is 0 Å². The maximum absolute atomic E-state index is 12.2. The van der Waals surface area contributed by atoms with E-state index in [0.29, 0.717) is 11.6 Å². The molecule has 0 fully saturated rings. The van der Waals surface area contributed by atoms with E-state index in [2.05, 4.69) is 4.72 Å². The van der Waals surface area contributed by atoms with Crippen molar-refractivity contribution in [2.75, 3.05) is 39.2 Å². The summed E-state index contributed by atoms with van der Waals surface area (Å²) in [6, 6.07) is 13.6. The van der Waals surface area contributed by atoms with Crippen LogP contribution in [0.5, 0.6) is 0 Å². The Morgan fingerprint density at radius 3 is 2.35 bits per heavy atom. The molecule has 8 nitrogen and oxygen atoms in total. The summed E-state index contributed by atoms with van der Waals surface area (Å²) in [4.78, 5) is 27.5. The molecule has 1 amide bonds. The molecule has 0 saturated heterocycles. The highest BCUT2D eigenvalue weighted by Gasteiger charge is 2.16. The number of hydrogen-bond donors (Lipinski definition) is 1. The number of halogens is 1. The Balaban J connectivity index is 1.74. The molecule has 2 rings (SSSR count). The van der Waals surface area contributed by atoms with Gasteiger partial charge in [0.05, 0.1) is 11.3 Å². The van der Waals surface area contributed by atoms with Gasteiger partial charge in [-0.3, -0.25) is 9.59 Å². The van der Waals surface area contributed by atoms with Gasteiger partial charge in [0.2, 0.25) is 10.0 Å². The molecule has 0 spiro atoms. The molecule has 0 aliphatic rings. The topological polar surface area (TPSA) is 96.0 Å². The lowest BCUT2D eigenvalue weighted by Gasteiger charge is -2.18. The van der Waals surface area contributed by atoms with E-state index in [9.17, 15) is 18.0 Å². The minimum absolute atomic E-state index is 0.00350. The highest BCUT2D eigenvalue weighted by Crippen LogP contribution is 2.15. The van der Waals surface area contributed by atoms with Crippen LogP contribution >= 0.6 is 11.6 Å². The van der Waals surface area contributed by atoms with Gasteiger partial charge in [0, 0.05) is 44.9 Å². The summed E-state index contributed by atoms with van der Waals surface area (Å²) in [5.41, 5.74) is 2.00. The largest absolute Gasteiger partial charge is 0.456 e. The SMILES string of the molecule is CN(Cc1ccc(N(C)C)cc1)C(=O)COC(=O)CCNS(=O)(=O)c1cccc(Cl)c1. The minimum atomic E-state index is -3.79. The van der Waals surface area contributed by atoms with Crippen molar-refractivity contribution >= 4 is 39.2 Å². The summed E-state index contributed by atoms with van der Waals surface area (Å²) in [6.45, 7) is -0.189. The highest BCUT2D eigenvalue weighted by atomic mass is 35.5. The second-order valence-corrected chi connectivity index (χ2v) is 9.28. The second kappa shape index (κ2) is 11.1. The summed E-state index contributed by atoms with van der Waals surface area (Å²) in [6.07, 6.45) is -0.206. The third-order valence-electron chi connectivity index (χ3n) is 4.38. The zero-order valence-electron chi connectivity index (χ0n) is 17.7. The Kier molecular flexibility index (Phi) is 8.85. The second-order valence-electron chi connectivity index (χ2n) is 7.08. The van der Waals surface area contributed by atoms with Gasteiger partial charge in [-0.1, -0.05) is 29.8 Å². The van der Waals surface area contributed by atoms with Gasteiger partial charge in [0.25, 0.3) is 5.91 Å². The van der Waals surface area contributed by atoms with Crippen LogP contribution < -0.4 is 9.62 Å². The van der Waals surface area contributed by atoms with E-state index in [1.54, 1.807) is 13.1 Å². The quantitative estimate of drug-likeness (QED) is 0.538. The molecule has 168 valence electrons. The van der Waals surface area contributed by atoms with Gasteiger partial charge in [-0.2, -0.15) is 0 Å². The summed E-state index contributed by atoms with van der Waals surface area (Å²) >= 11 is 5.80. The Labute approximate surface area is 187 Å². The molecule has 10 heteroatoms. The van der Waals surface area contributed by atoms with Gasteiger partial charge < -0.3 is 14.5 Å². The molecule has 0 unspecified atom stereocenters. The van der Waals surface area contributed by atoms with Gasteiger partial charge in [-0.05, 0) is 35.9 Å². The molecule has 0 saturated carbocycles. The molecule has 0 atom stereocenters. The summed E-state index contributed by atoms with van der Waals surface area (Å²) in [5, 5.41) is 0.290. The number of nitrogens with zero attached hydrogens (tertiary/aromatic N) is 2. The average molecular weight is 468 g/mol. The molecule has 2 aromatic rings. The van der Waals surface area contributed by atoms with Crippen molar-refractivity contribution in [3.05, 3.63) is 59.1 Å². The van der Waals surface area contributed by atoms with Crippen LogP contribution in [0.25, 0.3) is 0 Å².